The molecule has 1 aromatic heterocycles. The molecule has 0 atom stereocenters. The minimum atomic E-state index is -0.715. The Morgan fingerprint density at radius 3 is 2.68 bits per heavy atom. The van der Waals surface area contributed by atoms with Crippen LogP contribution < -0.4 is 10.6 Å². The molecule has 2 aromatic carbocycles. The summed E-state index contributed by atoms with van der Waals surface area (Å²) in [4.78, 5) is 24.2. The summed E-state index contributed by atoms with van der Waals surface area (Å²) in [7, 11) is 0. The molecule has 1 amide bonds. The van der Waals surface area contributed by atoms with Crippen LogP contribution >= 0.6 is 11.6 Å². The first-order chi connectivity index (χ1) is 16.3. The molecule has 2 heterocycles. The molecule has 3 aromatic rings. The van der Waals surface area contributed by atoms with Gasteiger partial charge in [0.15, 0.2) is 5.83 Å². The number of aromatic hydroxyl groups is 1. The van der Waals surface area contributed by atoms with Crippen LogP contribution in [0.3, 0.4) is 0 Å². The fourth-order valence-electron chi connectivity index (χ4n) is 4.28. The van der Waals surface area contributed by atoms with Crippen LogP contribution in [0.1, 0.15) is 23.7 Å². The normalized spacial score (nSPS) is 14.8. The minimum absolute atomic E-state index is 0.0495. The molecule has 0 bridgehead atoms. The highest BCUT2D eigenvalue weighted by Crippen LogP contribution is 2.37. The van der Waals surface area contributed by atoms with Gasteiger partial charge in [-0.15, -0.1) is 0 Å². The maximum Gasteiger partial charge on any atom is 0.246 e. The second kappa shape index (κ2) is 9.69. The number of anilines is 1. The van der Waals surface area contributed by atoms with Gasteiger partial charge in [-0.05, 0) is 36.1 Å². The third-order valence-corrected chi connectivity index (χ3v) is 6.30. The van der Waals surface area contributed by atoms with Crippen molar-refractivity contribution in [3.05, 3.63) is 71.2 Å². The van der Waals surface area contributed by atoms with Crippen molar-refractivity contribution in [2.24, 2.45) is 5.73 Å². The molecule has 1 aliphatic heterocycles. The van der Waals surface area contributed by atoms with Crippen molar-refractivity contribution < 1.29 is 14.3 Å². The first-order valence-corrected chi connectivity index (χ1v) is 11.3. The molecule has 1 fully saturated rings. The standard InChI is InChI=1S/C25H25ClFN5O2/c1-3-17-24(29-14-30-25(17)32-10-8-31(9-11-32)20(34)4-2)22(27)23(28)18-13-16(33)12-15-6-5-7-19(26)21(15)18/h4-7,12-14,33H,2-3,8-11,28H2,1H3/b23-22+. The Balaban J connectivity index is 1.77. The molecule has 3 N–H and O–H groups in total. The van der Waals surface area contributed by atoms with Gasteiger partial charge in [0.2, 0.25) is 5.91 Å². The molecule has 176 valence electrons. The lowest BCUT2D eigenvalue weighted by Gasteiger charge is -2.35. The van der Waals surface area contributed by atoms with E-state index in [1.165, 1.54) is 18.5 Å². The van der Waals surface area contributed by atoms with Gasteiger partial charge in [0.25, 0.3) is 0 Å². The van der Waals surface area contributed by atoms with Crippen LogP contribution in [0.15, 0.2) is 49.3 Å². The lowest BCUT2D eigenvalue weighted by molar-refractivity contribution is -0.126. The monoisotopic (exact) mass is 481 g/mol. The van der Waals surface area contributed by atoms with Crippen LogP contribution in [0, 0.1) is 0 Å². The molecule has 7 nitrogen and oxygen atoms in total. The number of halogens is 2. The number of benzene rings is 2. The van der Waals surface area contributed by atoms with Crippen molar-refractivity contribution in [1.29, 1.82) is 0 Å². The smallest absolute Gasteiger partial charge is 0.246 e. The van der Waals surface area contributed by atoms with Gasteiger partial charge in [-0.1, -0.05) is 37.2 Å². The van der Waals surface area contributed by atoms with Gasteiger partial charge in [-0.25, -0.2) is 14.4 Å². The van der Waals surface area contributed by atoms with Crippen molar-refractivity contribution >= 4 is 45.6 Å². The first kappa shape index (κ1) is 23.5. The Hall–Kier alpha value is -3.65. The number of aromatic nitrogens is 2. The summed E-state index contributed by atoms with van der Waals surface area (Å²) in [5, 5.41) is 11.8. The quantitative estimate of drug-likeness (QED) is 0.532. The molecule has 0 aliphatic carbocycles. The summed E-state index contributed by atoms with van der Waals surface area (Å²) in [5.74, 6) is -0.267. The Kier molecular flexibility index (Phi) is 6.70. The first-order valence-electron chi connectivity index (χ1n) is 10.9. The number of nitrogens with zero attached hydrogens (tertiary/aromatic N) is 4. The van der Waals surface area contributed by atoms with Gasteiger partial charge in [-0.3, -0.25) is 4.79 Å². The van der Waals surface area contributed by atoms with Crippen LogP contribution in [0.5, 0.6) is 5.75 Å². The zero-order valence-corrected chi connectivity index (χ0v) is 19.5. The number of phenols is 1. The number of carbonyl (C=O) groups excluding carboxylic acids is 1. The van der Waals surface area contributed by atoms with E-state index < -0.39 is 5.83 Å². The van der Waals surface area contributed by atoms with Crippen LogP contribution in [0.4, 0.5) is 10.2 Å². The second-order valence-electron chi connectivity index (χ2n) is 7.95. The lowest BCUT2D eigenvalue weighted by Crippen LogP contribution is -2.48. The van der Waals surface area contributed by atoms with E-state index in [9.17, 15) is 9.90 Å². The number of phenolic OH excluding ortho intramolecular Hbond substituents is 1. The highest BCUT2D eigenvalue weighted by molar-refractivity contribution is 6.36. The fourth-order valence-corrected chi connectivity index (χ4v) is 4.57. The summed E-state index contributed by atoms with van der Waals surface area (Å²) < 4.78 is 15.9. The molecule has 1 aliphatic rings. The van der Waals surface area contributed by atoms with E-state index in [4.69, 9.17) is 17.3 Å². The van der Waals surface area contributed by atoms with Crippen LogP contribution in [0.25, 0.3) is 22.3 Å². The minimum Gasteiger partial charge on any atom is -0.508 e. The van der Waals surface area contributed by atoms with E-state index >= 15 is 4.39 Å². The van der Waals surface area contributed by atoms with E-state index in [2.05, 4.69) is 16.5 Å². The average Bonchev–Trinajstić information content (AvgIpc) is 2.86. The number of fused-ring (bicyclic) bond motifs is 1. The molecule has 1 saturated heterocycles. The van der Waals surface area contributed by atoms with Crippen LogP contribution in [-0.2, 0) is 11.2 Å². The highest BCUT2D eigenvalue weighted by Gasteiger charge is 2.25. The van der Waals surface area contributed by atoms with Gasteiger partial charge in [0.05, 0.1) is 5.70 Å². The Bertz CT molecular complexity index is 1300. The summed E-state index contributed by atoms with van der Waals surface area (Å²) >= 11 is 6.39. The molecular formula is C25H25ClFN5O2. The predicted molar refractivity (Wildman–Crippen MR) is 133 cm³/mol. The van der Waals surface area contributed by atoms with E-state index in [0.717, 1.165) is 0 Å². The fraction of sp³-hybridized carbons (Fsp3) is 0.240. The van der Waals surface area contributed by atoms with Crippen molar-refractivity contribution in [3.63, 3.8) is 0 Å². The number of carbonyl (C=O) groups is 1. The summed E-state index contributed by atoms with van der Waals surface area (Å²) in [6, 6.07) is 8.15. The van der Waals surface area contributed by atoms with Gasteiger partial charge < -0.3 is 20.6 Å². The zero-order valence-electron chi connectivity index (χ0n) is 18.8. The SMILES string of the molecule is C=CC(=O)N1CCN(c2ncnc(/C(F)=C(\N)c3cc(O)cc4cccc(Cl)c34)c2CC)CC1. The molecule has 34 heavy (non-hydrogen) atoms. The third kappa shape index (κ3) is 4.28. The molecule has 4 rings (SSSR count). The molecule has 0 unspecified atom stereocenters. The van der Waals surface area contributed by atoms with Crippen molar-refractivity contribution in [1.82, 2.24) is 14.9 Å². The maximum absolute atomic E-state index is 15.9. The predicted octanol–water partition coefficient (Wildman–Crippen LogP) is 4.14. The van der Waals surface area contributed by atoms with Crippen molar-refractivity contribution in [3.8, 4) is 5.75 Å². The molecular weight excluding hydrogens is 457 g/mol. The second-order valence-corrected chi connectivity index (χ2v) is 8.36. The van der Waals surface area contributed by atoms with E-state index in [0.29, 0.717) is 59.8 Å². The number of hydrogen-bond acceptors (Lipinski definition) is 6. The largest absolute Gasteiger partial charge is 0.508 e. The van der Waals surface area contributed by atoms with Gasteiger partial charge >= 0.3 is 0 Å². The third-order valence-electron chi connectivity index (χ3n) is 5.99. The van der Waals surface area contributed by atoms with Gasteiger partial charge in [0.1, 0.15) is 23.6 Å². The average molecular weight is 482 g/mol. The Morgan fingerprint density at radius 1 is 1.26 bits per heavy atom. The number of hydrogen-bond donors (Lipinski definition) is 2. The molecule has 0 radical (unpaired) electrons. The van der Waals surface area contributed by atoms with E-state index in [1.54, 1.807) is 29.2 Å². The van der Waals surface area contributed by atoms with Crippen LogP contribution in [-0.4, -0.2) is 52.1 Å². The Morgan fingerprint density at radius 2 is 2.00 bits per heavy atom. The number of piperazine rings is 1. The van der Waals surface area contributed by atoms with E-state index in [-0.39, 0.29) is 28.6 Å². The van der Waals surface area contributed by atoms with E-state index in [1.807, 2.05) is 11.8 Å². The van der Waals surface area contributed by atoms with Gasteiger partial charge in [0, 0.05) is 47.7 Å². The number of rotatable bonds is 5. The van der Waals surface area contributed by atoms with Crippen LogP contribution in [0.2, 0.25) is 5.02 Å². The lowest BCUT2D eigenvalue weighted by atomic mass is 9.99. The maximum atomic E-state index is 15.9. The number of amides is 1. The van der Waals surface area contributed by atoms with Crippen molar-refractivity contribution in [2.75, 3.05) is 31.1 Å². The summed E-state index contributed by atoms with van der Waals surface area (Å²) in [6.45, 7) is 7.57. The zero-order chi connectivity index (χ0) is 24.4. The molecule has 0 saturated carbocycles. The topological polar surface area (TPSA) is 95.6 Å². The Labute approximate surface area is 202 Å². The summed E-state index contributed by atoms with van der Waals surface area (Å²) in [5.41, 5.74) is 7.13. The van der Waals surface area contributed by atoms with Gasteiger partial charge in [-0.2, -0.15) is 0 Å². The molecule has 9 heteroatoms. The number of nitrogens with two attached hydrogens (primary N) is 1. The highest BCUT2D eigenvalue weighted by atomic mass is 35.5. The molecule has 0 spiro atoms. The van der Waals surface area contributed by atoms with Crippen molar-refractivity contribution in [2.45, 2.75) is 13.3 Å². The summed E-state index contributed by atoms with van der Waals surface area (Å²) in [6.07, 6.45) is 3.08.